The van der Waals surface area contributed by atoms with E-state index < -0.39 is 16.8 Å². The molecule has 1 atom stereocenters. The molecule has 3 heterocycles. The third-order valence-corrected chi connectivity index (χ3v) is 7.00. The molecule has 0 spiro atoms. The van der Waals surface area contributed by atoms with E-state index in [1.165, 1.54) is 11.0 Å². The number of ether oxygens (including phenoxy) is 1. The summed E-state index contributed by atoms with van der Waals surface area (Å²) in [5, 5.41) is 13.3. The van der Waals surface area contributed by atoms with E-state index in [2.05, 4.69) is 10.3 Å². The maximum Gasteiger partial charge on any atom is 0.414 e. The predicted octanol–water partition coefficient (Wildman–Crippen LogP) is 3.45. The lowest BCUT2D eigenvalue weighted by atomic mass is 10.1. The molecule has 2 amide bonds. The van der Waals surface area contributed by atoms with Gasteiger partial charge in [0.25, 0.3) is 0 Å². The Balaban J connectivity index is 1.28. The van der Waals surface area contributed by atoms with Gasteiger partial charge < -0.3 is 15.0 Å². The van der Waals surface area contributed by atoms with Gasteiger partial charge in [-0.2, -0.15) is 0 Å². The average Bonchev–Trinajstić information content (AvgIpc) is 3.45. The molecule has 1 N–H and O–H groups in total. The fourth-order valence-electron chi connectivity index (χ4n) is 4.08. The number of cyclic esters (lactones) is 1. The summed E-state index contributed by atoms with van der Waals surface area (Å²) >= 11 is 5.88. The number of amides is 2. The van der Waals surface area contributed by atoms with Gasteiger partial charge in [-0.3, -0.25) is 24.7 Å². The maximum absolute atomic E-state index is 15.0. The van der Waals surface area contributed by atoms with Crippen LogP contribution in [0.2, 0.25) is 0 Å². The highest BCUT2D eigenvalue weighted by Crippen LogP contribution is 2.29. The van der Waals surface area contributed by atoms with Crippen molar-refractivity contribution in [3.63, 3.8) is 0 Å². The number of piperazine rings is 1. The summed E-state index contributed by atoms with van der Waals surface area (Å²) in [6, 6.07) is 4.71. The summed E-state index contributed by atoms with van der Waals surface area (Å²) in [5.74, 6) is -0.755. The number of nitrogens with one attached hydrogen (secondary N) is 1. The standard InChI is InChI=1S/C22H25FN6O5S2/c1-14(35)2-4-16-12-28(22(31)34-16)15-3-5-18(17(23)10-15)27-8-6-26(7-9-27)13-19(30)25-21-24-11-20(36-21)29(32)33/h3,5,10-11,16H,2,4,6-9,12-13H2,1H3,(H,24,25,30)/t16-/m0/s1. The van der Waals surface area contributed by atoms with Crippen LogP contribution in [0, 0.1) is 15.9 Å². The van der Waals surface area contributed by atoms with Crippen molar-refractivity contribution in [1.29, 1.82) is 0 Å². The molecule has 0 saturated carbocycles. The van der Waals surface area contributed by atoms with E-state index in [1.54, 1.807) is 12.1 Å². The number of benzene rings is 1. The van der Waals surface area contributed by atoms with Gasteiger partial charge in [-0.15, -0.1) is 0 Å². The van der Waals surface area contributed by atoms with E-state index in [0.717, 1.165) is 22.4 Å². The number of carbonyl (C=O) groups excluding carboxylic acids is 2. The van der Waals surface area contributed by atoms with E-state index in [0.29, 0.717) is 56.9 Å². The number of carbonyl (C=O) groups is 2. The number of nitrogens with zero attached hydrogens (tertiary/aromatic N) is 5. The van der Waals surface area contributed by atoms with Crippen LogP contribution in [0.3, 0.4) is 0 Å². The largest absolute Gasteiger partial charge is 0.444 e. The Hall–Kier alpha value is -3.23. The predicted molar refractivity (Wildman–Crippen MR) is 138 cm³/mol. The topological polar surface area (TPSA) is 121 Å². The van der Waals surface area contributed by atoms with E-state index >= 15 is 4.39 Å². The first-order valence-electron chi connectivity index (χ1n) is 11.3. The van der Waals surface area contributed by atoms with Crippen molar-refractivity contribution in [3.05, 3.63) is 40.3 Å². The van der Waals surface area contributed by atoms with Gasteiger partial charge in [-0.25, -0.2) is 14.2 Å². The molecule has 2 saturated heterocycles. The van der Waals surface area contributed by atoms with Crippen LogP contribution in [0.5, 0.6) is 0 Å². The third kappa shape index (κ3) is 6.30. The van der Waals surface area contributed by atoms with Gasteiger partial charge in [0.2, 0.25) is 5.91 Å². The highest BCUT2D eigenvalue weighted by Gasteiger charge is 2.33. The number of nitro groups is 1. The Morgan fingerprint density at radius 3 is 2.75 bits per heavy atom. The fraction of sp³-hybridized carbons (Fsp3) is 0.455. The lowest BCUT2D eigenvalue weighted by molar-refractivity contribution is -0.380. The molecule has 0 bridgehead atoms. The smallest absolute Gasteiger partial charge is 0.414 e. The molecule has 2 aliphatic heterocycles. The normalized spacial score (nSPS) is 18.3. The zero-order valence-electron chi connectivity index (χ0n) is 19.5. The van der Waals surface area contributed by atoms with Crippen LogP contribution in [0.15, 0.2) is 24.4 Å². The molecule has 0 aliphatic carbocycles. The van der Waals surface area contributed by atoms with E-state index in [4.69, 9.17) is 17.0 Å². The molecular formula is C22H25FN6O5S2. The number of anilines is 3. The SMILES string of the molecule is CC(=S)CC[C@H]1CN(c2ccc(N3CCN(CC(=O)Nc4ncc([N+](=O)[O-])s4)CC3)c(F)c2)C(=O)O1. The molecule has 0 unspecified atom stereocenters. The van der Waals surface area contributed by atoms with Gasteiger partial charge in [0.05, 0.1) is 29.4 Å². The molecule has 1 aromatic heterocycles. The minimum Gasteiger partial charge on any atom is -0.444 e. The first kappa shape index (κ1) is 25.9. The summed E-state index contributed by atoms with van der Waals surface area (Å²) in [6.07, 6.45) is 1.67. The monoisotopic (exact) mass is 536 g/mol. The molecule has 2 fully saturated rings. The second kappa shape index (κ2) is 11.2. The van der Waals surface area contributed by atoms with Crippen molar-refractivity contribution < 1.29 is 23.6 Å². The minimum absolute atomic E-state index is 0.101. The molecule has 2 aromatic rings. The van der Waals surface area contributed by atoms with Crippen molar-refractivity contribution in [2.45, 2.75) is 25.9 Å². The molecule has 0 radical (unpaired) electrons. The molecule has 1 aromatic carbocycles. The lowest BCUT2D eigenvalue weighted by Crippen LogP contribution is -2.49. The zero-order chi connectivity index (χ0) is 25.8. The van der Waals surface area contributed by atoms with Gasteiger partial charge in [0.15, 0.2) is 5.13 Å². The second-order valence-corrected chi connectivity index (χ2v) is 10.3. The molecule has 11 nitrogen and oxygen atoms in total. The summed E-state index contributed by atoms with van der Waals surface area (Å²) in [5.41, 5.74) is 0.874. The third-order valence-electron chi connectivity index (χ3n) is 5.94. The number of thiazole rings is 1. The summed E-state index contributed by atoms with van der Waals surface area (Å²) in [7, 11) is 0. The number of hydrogen-bond acceptors (Lipinski definition) is 10. The van der Waals surface area contributed by atoms with Crippen molar-refractivity contribution in [3.8, 4) is 0 Å². The van der Waals surface area contributed by atoms with Crippen LogP contribution >= 0.6 is 23.6 Å². The molecule has 14 heteroatoms. The number of thiocarbonyl (C=S) groups is 1. The highest BCUT2D eigenvalue weighted by molar-refractivity contribution is 7.80. The quantitative estimate of drug-likeness (QED) is 0.292. The van der Waals surface area contributed by atoms with Crippen molar-refractivity contribution >= 4 is 61.9 Å². The lowest BCUT2D eigenvalue weighted by Gasteiger charge is -2.36. The average molecular weight is 537 g/mol. The van der Waals surface area contributed by atoms with Crippen LogP contribution in [-0.4, -0.2) is 77.0 Å². The van der Waals surface area contributed by atoms with Crippen molar-refractivity contribution in [1.82, 2.24) is 9.88 Å². The van der Waals surface area contributed by atoms with Crippen LogP contribution < -0.4 is 15.1 Å². The molecule has 192 valence electrons. The first-order valence-corrected chi connectivity index (χ1v) is 12.6. The van der Waals surface area contributed by atoms with E-state index in [1.807, 2.05) is 16.7 Å². The summed E-state index contributed by atoms with van der Waals surface area (Å²) in [4.78, 5) is 44.7. The Labute approximate surface area is 216 Å². The van der Waals surface area contributed by atoms with Crippen molar-refractivity contribution in [2.75, 3.05) is 54.4 Å². The molecule has 4 rings (SSSR count). The van der Waals surface area contributed by atoms with E-state index in [9.17, 15) is 19.7 Å². The Morgan fingerprint density at radius 2 is 2.11 bits per heavy atom. The van der Waals surface area contributed by atoms with Crippen LogP contribution in [-0.2, 0) is 9.53 Å². The fourth-order valence-corrected chi connectivity index (χ4v) is 4.85. The van der Waals surface area contributed by atoms with Crippen molar-refractivity contribution in [2.24, 2.45) is 0 Å². The molecule has 2 aliphatic rings. The highest BCUT2D eigenvalue weighted by atomic mass is 32.1. The molecule has 36 heavy (non-hydrogen) atoms. The van der Waals surface area contributed by atoms with Crippen LogP contribution in [0.1, 0.15) is 19.8 Å². The van der Waals surface area contributed by atoms with Gasteiger partial charge >= 0.3 is 11.1 Å². The van der Waals surface area contributed by atoms with Gasteiger partial charge in [-0.05, 0) is 54.2 Å². The van der Waals surface area contributed by atoms with Gasteiger partial charge in [0, 0.05) is 26.2 Å². The van der Waals surface area contributed by atoms with Gasteiger partial charge in [0.1, 0.15) is 18.1 Å². The Morgan fingerprint density at radius 1 is 1.36 bits per heavy atom. The first-order chi connectivity index (χ1) is 17.2. The van der Waals surface area contributed by atoms with E-state index in [-0.39, 0.29) is 28.7 Å². The Bertz CT molecular complexity index is 1170. The number of aromatic nitrogens is 1. The summed E-state index contributed by atoms with van der Waals surface area (Å²) in [6.45, 7) is 4.40. The molecular weight excluding hydrogens is 511 g/mol. The zero-order valence-corrected chi connectivity index (χ0v) is 21.1. The second-order valence-electron chi connectivity index (χ2n) is 8.56. The number of rotatable bonds is 9. The number of halogens is 1. The minimum atomic E-state index is -0.560. The van der Waals surface area contributed by atoms with Gasteiger partial charge in [-0.1, -0.05) is 12.2 Å². The van der Waals surface area contributed by atoms with Crippen LogP contribution in [0.4, 0.5) is 30.7 Å². The Kier molecular flexibility index (Phi) is 8.06. The summed E-state index contributed by atoms with van der Waals surface area (Å²) < 4.78 is 20.4. The van der Waals surface area contributed by atoms with Crippen LogP contribution in [0.25, 0.3) is 0 Å². The maximum atomic E-state index is 15.0. The number of hydrogen-bond donors (Lipinski definition) is 1.